The average Bonchev–Trinajstić information content (AvgIpc) is 3.44. The van der Waals surface area contributed by atoms with Crippen molar-refractivity contribution >= 4 is 11.9 Å². The third-order valence-electron chi connectivity index (χ3n) is 6.35. The summed E-state index contributed by atoms with van der Waals surface area (Å²) in [6.45, 7) is 0.971. The van der Waals surface area contributed by atoms with E-state index >= 15 is 0 Å². The number of amides is 1. The highest BCUT2D eigenvalue weighted by Gasteiger charge is 2.30. The summed E-state index contributed by atoms with van der Waals surface area (Å²) in [6, 6.07) is 11.1. The Kier molecular flexibility index (Phi) is 5.50. The SMILES string of the molecule is COC(=O)c1c(OC2Cc3ccccc3C2)cc(=O)n2c1CCN(C(=O)c1ccoc1)CC2. The van der Waals surface area contributed by atoms with E-state index in [1.165, 1.54) is 36.8 Å². The summed E-state index contributed by atoms with van der Waals surface area (Å²) >= 11 is 0. The Labute approximate surface area is 190 Å². The van der Waals surface area contributed by atoms with Crippen LogP contribution in [0.25, 0.3) is 0 Å². The molecule has 170 valence electrons. The number of hydrogen-bond acceptors (Lipinski definition) is 6. The summed E-state index contributed by atoms with van der Waals surface area (Å²) in [6.07, 6.45) is 4.43. The van der Waals surface area contributed by atoms with Crippen LogP contribution in [-0.4, -0.2) is 47.6 Å². The number of rotatable bonds is 4. The van der Waals surface area contributed by atoms with Crippen LogP contribution in [0.2, 0.25) is 0 Å². The van der Waals surface area contributed by atoms with E-state index in [2.05, 4.69) is 12.1 Å². The topological polar surface area (TPSA) is 91.0 Å². The molecule has 2 aromatic heterocycles. The normalized spacial score (nSPS) is 15.5. The molecule has 3 heterocycles. The van der Waals surface area contributed by atoms with E-state index in [0.717, 1.165) is 0 Å². The zero-order valence-electron chi connectivity index (χ0n) is 18.3. The molecule has 1 aliphatic heterocycles. The Balaban J connectivity index is 1.46. The van der Waals surface area contributed by atoms with E-state index in [9.17, 15) is 14.4 Å². The van der Waals surface area contributed by atoms with Crippen LogP contribution < -0.4 is 10.3 Å². The summed E-state index contributed by atoms with van der Waals surface area (Å²) in [5.41, 5.74) is 3.39. The van der Waals surface area contributed by atoms with Crippen LogP contribution in [0.3, 0.4) is 0 Å². The van der Waals surface area contributed by atoms with Gasteiger partial charge < -0.3 is 23.4 Å². The maximum atomic E-state index is 13.0. The minimum Gasteiger partial charge on any atom is -0.489 e. The predicted molar refractivity (Wildman–Crippen MR) is 119 cm³/mol. The number of methoxy groups -OCH3 is 1. The first-order chi connectivity index (χ1) is 16.0. The molecule has 0 bridgehead atoms. The first-order valence-corrected chi connectivity index (χ1v) is 10.9. The molecule has 1 amide bonds. The van der Waals surface area contributed by atoms with E-state index in [1.807, 2.05) is 12.1 Å². The van der Waals surface area contributed by atoms with Gasteiger partial charge in [0.15, 0.2) is 0 Å². The van der Waals surface area contributed by atoms with Crippen LogP contribution in [0.5, 0.6) is 5.75 Å². The first-order valence-electron chi connectivity index (χ1n) is 10.9. The molecule has 0 saturated heterocycles. The van der Waals surface area contributed by atoms with Gasteiger partial charge in [0, 0.05) is 50.7 Å². The van der Waals surface area contributed by atoms with Gasteiger partial charge >= 0.3 is 5.97 Å². The van der Waals surface area contributed by atoms with Crippen LogP contribution in [-0.2, 0) is 30.5 Å². The van der Waals surface area contributed by atoms with Crippen molar-refractivity contribution in [1.82, 2.24) is 9.47 Å². The van der Waals surface area contributed by atoms with Gasteiger partial charge in [0.25, 0.3) is 11.5 Å². The van der Waals surface area contributed by atoms with E-state index in [1.54, 1.807) is 15.5 Å². The summed E-state index contributed by atoms with van der Waals surface area (Å²) in [5, 5.41) is 0. The Bertz CT molecular complexity index is 1240. The lowest BCUT2D eigenvalue weighted by Crippen LogP contribution is -2.34. The van der Waals surface area contributed by atoms with Gasteiger partial charge in [0.05, 0.1) is 18.9 Å². The van der Waals surface area contributed by atoms with Gasteiger partial charge in [-0.1, -0.05) is 24.3 Å². The fraction of sp³-hybridized carbons (Fsp3) is 0.320. The number of benzene rings is 1. The van der Waals surface area contributed by atoms with Crippen molar-refractivity contribution in [3.8, 4) is 5.75 Å². The molecule has 8 heteroatoms. The molecular weight excluding hydrogens is 424 g/mol. The molecule has 0 fully saturated rings. The van der Waals surface area contributed by atoms with Crippen molar-refractivity contribution in [2.24, 2.45) is 0 Å². The Hall–Kier alpha value is -3.81. The number of aromatic nitrogens is 1. The Morgan fingerprint density at radius 3 is 2.48 bits per heavy atom. The van der Waals surface area contributed by atoms with Crippen molar-refractivity contribution in [1.29, 1.82) is 0 Å². The van der Waals surface area contributed by atoms with E-state index in [0.29, 0.717) is 43.6 Å². The zero-order valence-corrected chi connectivity index (χ0v) is 18.3. The second-order valence-electron chi connectivity index (χ2n) is 8.28. The number of pyridine rings is 1. The summed E-state index contributed by atoms with van der Waals surface area (Å²) in [5.74, 6) is -0.492. The van der Waals surface area contributed by atoms with E-state index in [4.69, 9.17) is 13.9 Å². The van der Waals surface area contributed by atoms with Crippen LogP contribution in [0, 0.1) is 0 Å². The number of ether oxygens (including phenoxy) is 2. The number of fused-ring (bicyclic) bond motifs is 2. The number of nitrogens with zero attached hydrogens (tertiary/aromatic N) is 2. The van der Waals surface area contributed by atoms with Crippen LogP contribution >= 0.6 is 0 Å². The van der Waals surface area contributed by atoms with Gasteiger partial charge in [0.1, 0.15) is 23.7 Å². The highest BCUT2D eigenvalue weighted by atomic mass is 16.5. The standard InChI is InChI=1S/C25H24N2O6/c1-31-25(30)23-20-6-8-26(24(29)18-7-11-32-15-18)9-10-27(20)22(28)14-21(23)33-19-12-16-4-2-3-5-17(16)13-19/h2-5,7,11,14-15,19H,6,8-10,12-13H2,1H3. The highest BCUT2D eigenvalue weighted by molar-refractivity contribution is 5.95. The molecule has 0 unspecified atom stereocenters. The van der Waals surface area contributed by atoms with Crippen molar-refractivity contribution < 1.29 is 23.5 Å². The molecule has 0 N–H and O–H groups in total. The molecule has 3 aromatic rings. The zero-order chi connectivity index (χ0) is 22.9. The maximum Gasteiger partial charge on any atom is 0.343 e. The number of carbonyl (C=O) groups is 2. The lowest BCUT2D eigenvalue weighted by atomic mass is 10.1. The molecule has 1 aliphatic carbocycles. The molecule has 0 radical (unpaired) electrons. The molecule has 0 atom stereocenters. The molecular formula is C25H24N2O6. The lowest BCUT2D eigenvalue weighted by Gasteiger charge is -2.20. The highest BCUT2D eigenvalue weighted by Crippen LogP contribution is 2.29. The Morgan fingerprint density at radius 2 is 1.82 bits per heavy atom. The molecule has 2 aliphatic rings. The van der Waals surface area contributed by atoms with Gasteiger partial charge in [0.2, 0.25) is 0 Å². The maximum absolute atomic E-state index is 13.0. The molecule has 0 saturated carbocycles. The van der Waals surface area contributed by atoms with Crippen LogP contribution in [0.15, 0.2) is 58.1 Å². The van der Waals surface area contributed by atoms with Gasteiger partial charge in [-0.25, -0.2) is 4.79 Å². The summed E-state index contributed by atoms with van der Waals surface area (Å²) in [4.78, 5) is 40.3. The second kappa shape index (κ2) is 8.61. The van der Waals surface area contributed by atoms with Gasteiger partial charge in [-0.3, -0.25) is 9.59 Å². The largest absolute Gasteiger partial charge is 0.489 e. The van der Waals surface area contributed by atoms with Crippen LogP contribution in [0.4, 0.5) is 0 Å². The van der Waals surface area contributed by atoms with Gasteiger partial charge in [-0.2, -0.15) is 0 Å². The molecule has 0 spiro atoms. The molecule has 8 nitrogen and oxygen atoms in total. The van der Waals surface area contributed by atoms with Crippen molar-refractivity contribution in [3.05, 3.63) is 87.2 Å². The number of furan rings is 1. The van der Waals surface area contributed by atoms with E-state index in [-0.39, 0.29) is 35.4 Å². The van der Waals surface area contributed by atoms with Crippen molar-refractivity contribution in [3.63, 3.8) is 0 Å². The summed E-state index contributed by atoms with van der Waals surface area (Å²) in [7, 11) is 1.31. The van der Waals surface area contributed by atoms with Crippen molar-refractivity contribution in [2.45, 2.75) is 31.9 Å². The third kappa shape index (κ3) is 3.92. The lowest BCUT2D eigenvalue weighted by molar-refractivity contribution is 0.0590. The smallest absolute Gasteiger partial charge is 0.343 e. The number of carbonyl (C=O) groups excluding carboxylic acids is 2. The fourth-order valence-electron chi connectivity index (χ4n) is 4.72. The molecule has 1 aromatic carbocycles. The number of hydrogen-bond donors (Lipinski definition) is 0. The quantitative estimate of drug-likeness (QED) is 0.570. The number of esters is 1. The van der Waals surface area contributed by atoms with E-state index < -0.39 is 5.97 Å². The minimum absolute atomic E-state index is 0.168. The predicted octanol–water partition coefficient (Wildman–Crippen LogP) is 2.47. The first kappa shape index (κ1) is 21.1. The van der Waals surface area contributed by atoms with Crippen molar-refractivity contribution in [2.75, 3.05) is 20.2 Å². The van der Waals surface area contributed by atoms with Gasteiger partial charge in [-0.05, 0) is 17.2 Å². The monoisotopic (exact) mass is 448 g/mol. The average molecular weight is 448 g/mol. The summed E-state index contributed by atoms with van der Waals surface area (Å²) < 4.78 is 17.9. The van der Waals surface area contributed by atoms with Gasteiger partial charge in [-0.15, -0.1) is 0 Å². The third-order valence-corrected chi connectivity index (χ3v) is 6.35. The Morgan fingerprint density at radius 1 is 1.06 bits per heavy atom. The fourth-order valence-corrected chi connectivity index (χ4v) is 4.72. The molecule has 5 rings (SSSR count). The second-order valence-corrected chi connectivity index (χ2v) is 8.28. The minimum atomic E-state index is -0.557. The molecule has 33 heavy (non-hydrogen) atoms. The van der Waals surface area contributed by atoms with Crippen LogP contribution in [0.1, 0.15) is 37.5 Å².